The van der Waals surface area contributed by atoms with Crippen LogP contribution in [0.1, 0.15) is 12.0 Å². The number of benzene rings is 1. The molecule has 0 saturated carbocycles. The fourth-order valence-corrected chi connectivity index (χ4v) is 14.2. The third-order valence-corrected chi connectivity index (χ3v) is 14.5. The number of carbonyl (C=O) groups excluding carboxylic acids is 2. The van der Waals surface area contributed by atoms with Gasteiger partial charge >= 0.3 is 5.24 Å². The first-order chi connectivity index (χ1) is 11.2. The van der Waals surface area contributed by atoms with Gasteiger partial charge in [0.2, 0.25) is 5.91 Å². The SMILES string of the molecule is O=C(CCc1ccc(SSSSSSSC(=O)NO)cc1)NO. The average Bonchev–Trinajstić information content (AvgIpc) is 2.59. The minimum atomic E-state index is -0.494. The molecule has 0 unspecified atom stereocenters. The molecule has 0 aliphatic rings. The molecule has 0 atom stereocenters. The van der Waals surface area contributed by atoms with Crippen molar-refractivity contribution in [1.29, 1.82) is 0 Å². The van der Waals surface area contributed by atoms with Crippen molar-refractivity contribution in [2.45, 2.75) is 17.7 Å². The van der Waals surface area contributed by atoms with Crippen molar-refractivity contribution in [2.75, 3.05) is 0 Å². The van der Waals surface area contributed by atoms with E-state index >= 15 is 0 Å². The predicted molar refractivity (Wildman–Crippen MR) is 106 cm³/mol. The van der Waals surface area contributed by atoms with Crippen LogP contribution in [-0.2, 0) is 11.2 Å². The largest absolute Gasteiger partial charge is 0.313 e. The lowest BCUT2D eigenvalue weighted by molar-refractivity contribution is -0.129. The monoisotopic (exact) mass is 448 g/mol. The van der Waals surface area contributed by atoms with E-state index in [9.17, 15) is 9.59 Å². The molecule has 4 N–H and O–H groups in total. The van der Waals surface area contributed by atoms with Crippen molar-refractivity contribution >= 4 is 81.9 Å². The first-order valence-electron chi connectivity index (χ1n) is 5.79. The number of nitrogens with one attached hydrogen (secondary N) is 2. The van der Waals surface area contributed by atoms with E-state index in [2.05, 4.69) is 0 Å². The lowest BCUT2D eigenvalue weighted by atomic mass is 10.1. The van der Waals surface area contributed by atoms with E-state index in [-0.39, 0.29) is 6.42 Å². The maximum absolute atomic E-state index is 10.9. The highest BCUT2D eigenvalue weighted by molar-refractivity contribution is 9.46. The minimum Gasteiger partial charge on any atom is -0.289 e. The topological polar surface area (TPSA) is 98.7 Å². The van der Waals surface area contributed by atoms with Crippen molar-refractivity contribution in [3.8, 4) is 0 Å². The summed E-state index contributed by atoms with van der Waals surface area (Å²) < 4.78 is 0. The fraction of sp³-hybridized carbons (Fsp3) is 0.200. The summed E-state index contributed by atoms with van der Waals surface area (Å²) in [6, 6.07) is 7.89. The van der Waals surface area contributed by atoms with Gasteiger partial charge in [0.25, 0.3) is 0 Å². The number of hydrogen-bond acceptors (Lipinski definition) is 11. The van der Waals surface area contributed by atoms with Gasteiger partial charge in [-0.25, -0.2) is 11.0 Å². The Bertz CT molecular complexity index is 491. The number of hydroxylamine groups is 2. The third-order valence-electron chi connectivity index (χ3n) is 2.13. The lowest BCUT2D eigenvalue weighted by Crippen LogP contribution is -2.18. The maximum atomic E-state index is 10.9. The molecule has 0 heterocycles. The van der Waals surface area contributed by atoms with E-state index in [1.807, 2.05) is 24.3 Å². The molecule has 128 valence electrons. The molecular weight excluding hydrogens is 437 g/mol. The Balaban J connectivity index is 2.11. The molecule has 2 amide bonds. The van der Waals surface area contributed by atoms with Crippen LogP contribution < -0.4 is 11.0 Å². The summed E-state index contributed by atoms with van der Waals surface area (Å²) in [6.45, 7) is 0. The molecule has 0 fully saturated rings. The van der Waals surface area contributed by atoms with E-state index in [0.29, 0.717) is 6.42 Å². The van der Waals surface area contributed by atoms with Gasteiger partial charge in [-0.05, 0) is 84.0 Å². The van der Waals surface area contributed by atoms with Crippen molar-refractivity contribution in [3.63, 3.8) is 0 Å². The number of hydrogen-bond donors (Lipinski definition) is 4. The summed E-state index contributed by atoms with van der Waals surface area (Å²) in [7, 11) is 9.97. The highest BCUT2D eigenvalue weighted by Crippen LogP contribution is 2.56. The Kier molecular flexibility index (Phi) is 12.9. The summed E-state index contributed by atoms with van der Waals surface area (Å²) in [5, 5.41) is 16.2. The first-order valence-corrected chi connectivity index (χ1v) is 14.6. The summed E-state index contributed by atoms with van der Waals surface area (Å²) >= 11 is 0. The van der Waals surface area contributed by atoms with Crippen LogP contribution in [0.2, 0.25) is 0 Å². The number of carbonyl (C=O) groups is 2. The zero-order chi connectivity index (χ0) is 16.9. The van der Waals surface area contributed by atoms with Crippen molar-refractivity contribution in [2.24, 2.45) is 0 Å². The Morgan fingerprint density at radius 1 is 0.913 bits per heavy atom. The van der Waals surface area contributed by atoms with Gasteiger partial charge in [0.15, 0.2) is 0 Å². The molecular formula is C10H12N2O4S7. The van der Waals surface area contributed by atoms with Crippen LogP contribution in [0.4, 0.5) is 4.79 Å². The zero-order valence-corrected chi connectivity index (χ0v) is 17.0. The molecule has 0 radical (unpaired) electrons. The van der Waals surface area contributed by atoms with Crippen LogP contribution in [0.15, 0.2) is 29.2 Å². The zero-order valence-electron chi connectivity index (χ0n) is 11.3. The molecule has 0 saturated heterocycles. The van der Waals surface area contributed by atoms with Crippen molar-refractivity contribution in [1.82, 2.24) is 11.0 Å². The van der Waals surface area contributed by atoms with E-state index in [1.54, 1.807) is 41.4 Å². The second-order valence-corrected chi connectivity index (χ2v) is 14.6. The Morgan fingerprint density at radius 2 is 1.57 bits per heavy atom. The molecule has 23 heavy (non-hydrogen) atoms. The van der Waals surface area contributed by atoms with Gasteiger partial charge in [0.05, 0.1) is 0 Å². The summed E-state index contributed by atoms with van der Waals surface area (Å²) in [5.41, 5.74) is 4.19. The Labute approximate surface area is 159 Å². The second-order valence-electron chi connectivity index (χ2n) is 3.59. The van der Waals surface area contributed by atoms with E-state index in [1.165, 1.54) is 29.5 Å². The Hall–Kier alpha value is 0.530. The molecule has 1 aromatic rings. The van der Waals surface area contributed by atoms with E-state index in [4.69, 9.17) is 10.4 Å². The van der Waals surface area contributed by atoms with Gasteiger partial charge in [0.1, 0.15) is 0 Å². The lowest BCUT2D eigenvalue weighted by Gasteiger charge is -2.03. The van der Waals surface area contributed by atoms with Gasteiger partial charge < -0.3 is 0 Å². The van der Waals surface area contributed by atoms with Crippen LogP contribution >= 0.6 is 70.7 Å². The molecule has 0 aliphatic carbocycles. The summed E-state index contributed by atoms with van der Waals surface area (Å²) in [6.07, 6.45) is 0.841. The predicted octanol–water partition coefficient (Wildman–Crippen LogP) is 5.20. The number of rotatable bonds is 10. The third kappa shape index (κ3) is 10.9. The van der Waals surface area contributed by atoms with Gasteiger partial charge in [-0.3, -0.25) is 20.0 Å². The molecule has 0 aromatic heterocycles. The smallest absolute Gasteiger partial charge is 0.289 e. The molecule has 0 bridgehead atoms. The van der Waals surface area contributed by atoms with E-state index in [0.717, 1.165) is 21.3 Å². The van der Waals surface area contributed by atoms with Gasteiger partial charge in [-0.15, -0.1) is 0 Å². The van der Waals surface area contributed by atoms with Gasteiger partial charge in [-0.2, -0.15) is 0 Å². The average molecular weight is 449 g/mol. The Morgan fingerprint density at radius 3 is 2.22 bits per heavy atom. The van der Waals surface area contributed by atoms with Crippen LogP contribution in [0.5, 0.6) is 0 Å². The molecule has 1 rings (SSSR count). The van der Waals surface area contributed by atoms with Gasteiger partial charge in [0, 0.05) is 22.1 Å². The first kappa shape index (κ1) is 21.6. The quantitative estimate of drug-likeness (QED) is 0.164. The van der Waals surface area contributed by atoms with Crippen LogP contribution in [0.25, 0.3) is 0 Å². The summed E-state index contributed by atoms with van der Waals surface area (Å²) in [5.74, 6) is -0.391. The van der Waals surface area contributed by atoms with Crippen molar-refractivity contribution in [3.05, 3.63) is 29.8 Å². The molecule has 0 aliphatic heterocycles. The van der Waals surface area contributed by atoms with Crippen LogP contribution in [-0.4, -0.2) is 21.6 Å². The highest BCUT2D eigenvalue weighted by atomic mass is 33.9. The number of amides is 2. The molecule has 6 nitrogen and oxygen atoms in total. The standard InChI is InChI=1S/C10H12N2O4S7/c13-9(11-15)6-3-7-1-4-8(5-2-7)17-19-21-23-22-20-18-10(14)12-16/h1-2,4-5,15-16H,3,6H2,(H,11,13)(H,12,14). The second kappa shape index (κ2) is 13.8. The highest BCUT2D eigenvalue weighted by Gasteiger charge is 2.03. The van der Waals surface area contributed by atoms with Crippen molar-refractivity contribution < 1.29 is 20.0 Å². The van der Waals surface area contributed by atoms with Gasteiger partial charge in [-0.1, -0.05) is 12.1 Å². The minimum absolute atomic E-state index is 0.255. The molecule has 0 spiro atoms. The van der Waals surface area contributed by atoms with Crippen LogP contribution in [0.3, 0.4) is 0 Å². The van der Waals surface area contributed by atoms with E-state index < -0.39 is 11.1 Å². The normalized spacial score (nSPS) is 10.3. The number of aryl methyl sites for hydroxylation is 1. The molecule has 13 heteroatoms. The fourth-order valence-electron chi connectivity index (χ4n) is 1.18. The summed E-state index contributed by atoms with van der Waals surface area (Å²) in [4.78, 5) is 22.8. The van der Waals surface area contributed by atoms with Crippen LogP contribution in [0, 0.1) is 0 Å². The molecule has 1 aromatic carbocycles. The maximum Gasteiger partial charge on any atom is 0.313 e.